The first-order valence-corrected chi connectivity index (χ1v) is 1.85. The Morgan fingerprint density at radius 2 is 1.33 bits per heavy atom. The van der Waals surface area contributed by atoms with Crippen molar-refractivity contribution in [2.45, 2.75) is 6.92 Å². The largest absolute Gasteiger partial charge is 2.00 e. The number of methoxy groups -OCH3 is 1. The molecule has 0 aromatic heterocycles. The zero-order valence-corrected chi connectivity index (χ0v) is 9.79. The fraction of sp³-hybridized carbons (Fsp3) is 1.00. The minimum atomic E-state index is 0. The van der Waals surface area contributed by atoms with Crippen molar-refractivity contribution in [2.24, 2.45) is 0 Å². The van der Waals surface area contributed by atoms with E-state index in [0.29, 0.717) is 0 Å². The minimum Gasteiger partial charge on any atom is -1.00 e. The van der Waals surface area contributed by atoms with Gasteiger partial charge in [0.1, 0.15) is 0 Å². The van der Waals surface area contributed by atoms with Crippen LogP contribution in [0.1, 0.15) is 6.92 Å². The second-order valence-corrected chi connectivity index (χ2v) is 0.577. The van der Waals surface area contributed by atoms with E-state index in [1.54, 1.807) is 7.11 Å². The van der Waals surface area contributed by atoms with Crippen LogP contribution in [-0.2, 0) is 21.2 Å². The number of hydrogen-bond acceptors (Lipinski definition) is 2. The Morgan fingerprint density at radius 3 is 1.33 bits per heavy atom. The maximum absolute atomic E-state index is 7.00. The van der Waals surface area contributed by atoms with Crippen LogP contribution in [0.4, 0.5) is 0 Å². The number of hydrogen-bond donors (Lipinski definition) is 1. The number of halogens is 2. The molecule has 0 rings (SSSR count). The number of rotatable bonds is 1. The zero-order valence-electron chi connectivity index (χ0n) is 5.63. The van der Waals surface area contributed by atoms with Gasteiger partial charge in [-0.3, -0.25) is 0 Å². The van der Waals surface area contributed by atoms with E-state index in [2.05, 4.69) is 4.74 Å². The molecule has 0 saturated carbocycles. The van der Waals surface area contributed by atoms with Crippen LogP contribution in [0.15, 0.2) is 0 Å². The molecule has 0 radical (unpaired) electrons. The monoisotopic (exact) mass is 308 g/mol. The predicted octanol–water partition coefficient (Wildman–Crippen LogP) is -5.73. The fourth-order valence-electron chi connectivity index (χ4n) is 0. The topological polar surface area (TPSA) is 29.5 Å². The Hall–Kier alpha value is 1.37. The predicted molar refractivity (Wildman–Crippen MR) is 25.7 cm³/mol. The maximum Gasteiger partial charge on any atom is 2.00 e. The molecule has 0 amide bonds. The molecule has 0 aromatic carbocycles. The summed E-state index contributed by atoms with van der Waals surface area (Å²) in [7, 11) is 2.68. The summed E-state index contributed by atoms with van der Waals surface area (Å²) in [6.07, 6.45) is 0. The minimum absolute atomic E-state index is 0. The van der Waals surface area contributed by atoms with Gasteiger partial charge in [0.05, 0.1) is 0 Å². The fourth-order valence-corrected chi connectivity index (χ4v) is 0. The van der Waals surface area contributed by atoms with Crippen molar-refractivity contribution in [3.05, 3.63) is 0 Å². The molecule has 0 aliphatic rings. The third-order valence-electron chi connectivity index (χ3n) is 0.289. The van der Waals surface area contributed by atoms with E-state index in [9.17, 15) is 0 Å². The molecule has 5 heteroatoms. The van der Waals surface area contributed by atoms with Crippen LogP contribution < -0.4 is 34.0 Å². The molecule has 0 heterocycles. The van der Waals surface area contributed by atoms with E-state index in [4.69, 9.17) is 5.11 Å². The van der Waals surface area contributed by atoms with E-state index in [-0.39, 0.29) is 50.5 Å². The first-order valence-electron chi connectivity index (χ1n) is 1.85. The van der Waals surface area contributed by atoms with Gasteiger partial charge in [0, 0.05) is 20.8 Å². The summed E-state index contributed by atoms with van der Waals surface area (Å²) in [6.45, 7) is 2.78. The average Bonchev–Trinajstić information content (AvgIpc) is 1.72. The second-order valence-electron chi connectivity index (χ2n) is 0.577. The molecule has 0 spiro atoms. The third-order valence-corrected chi connectivity index (χ3v) is 0.289. The van der Waals surface area contributed by atoms with Crippen LogP contribution in [0.3, 0.4) is 0 Å². The maximum atomic E-state index is 7.00. The van der Waals surface area contributed by atoms with Crippen molar-refractivity contribution in [3.63, 3.8) is 0 Å². The SMILES string of the molecule is CCOC.CO.[Br-].[Br-].[Ni+2]. The van der Waals surface area contributed by atoms with Gasteiger partial charge in [0.2, 0.25) is 0 Å². The van der Waals surface area contributed by atoms with Gasteiger partial charge in [-0.1, -0.05) is 0 Å². The summed E-state index contributed by atoms with van der Waals surface area (Å²) in [5.74, 6) is 0. The van der Waals surface area contributed by atoms with Gasteiger partial charge in [-0.25, -0.2) is 0 Å². The molecule has 0 bridgehead atoms. The Morgan fingerprint density at radius 1 is 1.22 bits per heavy atom. The van der Waals surface area contributed by atoms with E-state index in [1.807, 2.05) is 6.92 Å². The molecule has 9 heavy (non-hydrogen) atoms. The Balaban J connectivity index is -0.00000000990. The Bertz CT molecular complexity index is 18.5. The van der Waals surface area contributed by atoms with Gasteiger partial charge in [-0.2, -0.15) is 0 Å². The van der Waals surface area contributed by atoms with Crippen LogP contribution >= 0.6 is 0 Å². The van der Waals surface area contributed by atoms with Crippen molar-refractivity contribution in [1.29, 1.82) is 0 Å². The van der Waals surface area contributed by atoms with Crippen molar-refractivity contribution in [1.82, 2.24) is 0 Å². The van der Waals surface area contributed by atoms with E-state index < -0.39 is 0 Å². The Labute approximate surface area is 87.8 Å². The molecule has 2 nitrogen and oxygen atoms in total. The molecule has 0 unspecified atom stereocenters. The Kier molecular flexibility index (Phi) is 203. The van der Waals surface area contributed by atoms with Gasteiger partial charge < -0.3 is 43.8 Å². The summed E-state index contributed by atoms with van der Waals surface area (Å²) >= 11 is 0. The summed E-state index contributed by atoms with van der Waals surface area (Å²) < 4.78 is 4.54. The first kappa shape index (κ1) is 31.6. The number of ether oxygens (including phenoxy) is 1. The summed E-state index contributed by atoms with van der Waals surface area (Å²) in [4.78, 5) is 0. The van der Waals surface area contributed by atoms with Crippen molar-refractivity contribution >= 4 is 0 Å². The average molecular weight is 311 g/mol. The van der Waals surface area contributed by atoms with Crippen molar-refractivity contribution in [3.8, 4) is 0 Å². The van der Waals surface area contributed by atoms with Crippen LogP contribution in [0, 0.1) is 0 Å². The van der Waals surface area contributed by atoms with Gasteiger partial charge in [-0.15, -0.1) is 0 Å². The van der Waals surface area contributed by atoms with Gasteiger partial charge >= 0.3 is 16.5 Å². The van der Waals surface area contributed by atoms with E-state index in [0.717, 1.165) is 13.7 Å². The molecule has 0 aromatic rings. The quantitative estimate of drug-likeness (QED) is 0.489. The molecular formula is C4H12Br2NiO2. The molecule has 0 aliphatic carbocycles. The van der Waals surface area contributed by atoms with Gasteiger partial charge in [-0.05, 0) is 6.92 Å². The first-order chi connectivity index (χ1) is 2.91. The molecule has 0 fully saturated rings. The zero-order chi connectivity index (χ0) is 5.41. The standard InChI is InChI=1S/C3H8O.CH4O.2BrH.Ni/c1-3-4-2;1-2;;;/h3H2,1-2H3;2H,1H3;2*1H;/q;;;;+2/p-2. The van der Waals surface area contributed by atoms with E-state index in [1.165, 1.54) is 0 Å². The summed E-state index contributed by atoms with van der Waals surface area (Å²) in [6, 6.07) is 0. The molecular weight excluding hydrogens is 299 g/mol. The van der Waals surface area contributed by atoms with Crippen LogP contribution in [-0.4, -0.2) is 25.9 Å². The van der Waals surface area contributed by atoms with Crippen molar-refractivity contribution in [2.75, 3.05) is 20.8 Å². The second kappa shape index (κ2) is 57.8. The van der Waals surface area contributed by atoms with E-state index >= 15 is 0 Å². The smallest absolute Gasteiger partial charge is 1.00 e. The van der Waals surface area contributed by atoms with Crippen molar-refractivity contribution < 1.29 is 60.3 Å². The molecule has 64 valence electrons. The summed E-state index contributed by atoms with van der Waals surface area (Å²) in [5.41, 5.74) is 0. The van der Waals surface area contributed by atoms with Crippen LogP contribution in [0.25, 0.3) is 0 Å². The normalized spacial score (nSPS) is 4.00. The number of aliphatic hydroxyl groups excluding tert-OH is 1. The number of aliphatic hydroxyl groups is 1. The summed E-state index contributed by atoms with van der Waals surface area (Å²) in [5, 5.41) is 7.00. The molecule has 1 N–H and O–H groups in total. The molecule has 0 aliphatic heterocycles. The third kappa shape index (κ3) is 90.5. The molecule has 0 saturated heterocycles. The van der Waals surface area contributed by atoms with Crippen LogP contribution in [0.5, 0.6) is 0 Å². The van der Waals surface area contributed by atoms with Gasteiger partial charge in [0.15, 0.2) is 0 Å². The van der Waals surface area contributed by atoms with Gasteiger partial charge in [0.25, 0.3) is 0 Å². The molecule has 0 atom stereocenters. The van der Waals surface area contributed by atoms with Crippen LogP contribution in [0.2, 0.25) is 0 Å².